The van der Waals surface area contributed by atoms with Crippen LogP contribution in [0.4, 0.5) is 19.0 Å². The number of nitrogens with zero attached hydrogens (tertiary/aromatic N) is 3. The summed E-state index contributed by atoms with van der Waals surface area (Å²) >= 11 is 0. The SMILES string of the molecule is COCC(C(=O)N1CCC[C@@H]1C(F)(F)F)n1cc(C)c(N)n1. The molecule has 1 aromatic heterocycles. The largest absolute Gasteiger partial charge is 0.408 e. The third kappa shape index (κ3) is 3.18. The Bertz CT molecular complexity index is 524. The predicted molar refractivity (Wildman–Crippen MR) is 73.1 cm³/mol. The van der Waals surface area contributed by atoms with Gasteiger partial charge in [0.05, 0.1) is 6.61 Å². The molecule has 2 N–H and O–H groups in total. The van der Waals surface area contributed by atoms with Gasteiger partial charge in [-0.15, -0.1) is 0 Å². The van der Waals surface area contributed by atoms with Gasteiger partial charge in [-0.3, -0.25) is 9.48 Å². The minimum atomic E-state index is -4.43. The van der Waals surface area contributed by atoms with E-state index >= 15 is 0 Å². The van der Waals surface area contributed by atoms with Crippen molar-refractivity contribution in [1.29, 1.82) is 0 Å². The Balaban J connectivity index is 2.26. The molecule has 0 bridgehead atoms. The second kappa shape index (κ2) is 6.15. The minimum absolute atomic E-state index is 0.0690. The molecule has 2 rings (SSSR count). The molecule has 1 aromatic rings. The molecule has 6 nitrogen and oxygen atoms in total. The lowest BCUT2D eigenvalue weighted by molar-refractivity contribution is -0.184. The van der Waals surface area contributed by atoms with E-state index in [2.05, 4.69) is 5.10 Å². The van der Waals surface area contributed by atoms with E-state index in [9.17, 15) is 18.0 Å². The predicted octanol–water partition coefficient (Wildman–Crippen LogP) is 1.51. The second-order valence-electron chi connectivity index (χ2n) is 5.38. The zero-order valence-electron chi connectivity index (χ0n) is 12.4. The Morgan fingerprint density at radius 2 is 2.27 bits per heavy atom. The molecule has 2 atom stereocenters. The molecule has 1 aliphatic rings. The summed E-state index contributed by atoms with van der Waals surface area (Å²) in [5.41, 5.74) is 6.30. The smallest absolute Gasteiger partial charge is 0.382 e. The quantitative estimate of drug-likeness (QED) is 0.913. The minimum Gasteiger partial charge on any atom is -0.382 e. The van der Waals surface area contributed by atoms with Crippen LogP contribution in [0.1, 0.15) is 24.4 Å². The number of nitrogen functional groups attached to an aromatic ring is 1. The summed E-state index contributed by atoms with van der Waals surface area (Å²) in [6.45, 7) is 1.72. The van der Waals surface area contributed by atoms with E-state index in [-0.39, 0.29) is 25.4 Å². The number of aromatic nitrogens is 2. The molecule has 9 heteroatoms. The molecule has 0 aromatic carbocycles. The average molecular weight is 320 g/mol. The van der Waals surface area contributed by atoms with Crippen LogP contribution in [-0.4, -0.2) is 53.1 Å². The fourth-order valence-electron chi connectivity index (χ4n) is 2.64. The summed E-state index contributed by atoms with van der Waals surface area (Å²) in [7, 11) is 1.38. The van der Waals surface area contributed by atoms with Crippen molar-refractivity contribution in [2.45, 2.75) is 38.0 Å². The van der Waals surface area contributed by atoms with Crippen molar-refractivity contribution >= 4 is 11.7 Å². The molecule has 2 heterocycles. The topological polar surface area (TPSA) is 73.4 Å². The van der Waals surface area contributed by atoms with Crippen molar-refractivity contribution in [1.82, 2.24) is 14.7 Å². The highest BCUT2D eigenvalue weighted by Crippen LogP contribution is 2.34. The highest BCUT2D eigenvalue weighted by molar-refractivity contribution is 5.81. The maximum Gasteiger partial charge on any atom is 0.408 e. The van der Waals surface area contributed by atoms with Crippen molar-refractivity contribution in [3.8, 4) is 0 Å². The van der Waals surface area contributed by atoms with Gasteiger partial charge in [0.25, 0.3) is 0 Å². The number of likely N-dealkylation sites (tertiary alicyclic amines) is 1. The summed E-state index contributed by atoms with van der Waals surface area (Å²) < 4.78 is 45.3. The van der Waals surface area contributed by atoms with E-state index in [1.165, 1.54) is 18.0 Å². The first-order valence-corrected chi connectivity index (χ1v) is 6.93. The van der Waals surface area contributed by atoms with Crippen LogP contribution in [0.25, 0.3) is 0 Å². The molecule has 22 heavy (non-hydrogen) atoms. The van der Waals surface area contributed by atoms with Crippen molar-refractivity contribution < 1.29 is 22.7 Å². The number of rotatable bonds is 4. The molecule has 1 fully saturated rings. The summed E-state index contributed by atoms with van der Waals surface area (Å²) in [5.74, 6) is -0.410. The van der Waals surface area contributed by atoms with Crippen LogP contribution >= 0.6 is 0 Å². The number of hydrogen-bond donors (Lipinski definition) is 1. The van der Waals surface area contributed by atoms with E-state index in [0.717, 1.165) is 4.90 Å². The number of hydrogen-bond acceptors (Lipinski definition) is 4. The Labute approximate surface area is 126 Å². The lowest BCUT2D eigenvalue weighted by Gasteiger charge is -2.29. The van der Waals surface area contributed by atoms with Crippen molar-refractivity contribution in [3.63, 3.8) is 0 Å². The second-order valence-corrected chi connectivity index (χ2v) is 5.38. The molecule has 1 unspecified atom stereocenters. The van der Waals surface area contributed by atoms with Gasteiger partial charge in [0.2, 0.25) is 5.91 Å². The van der Waals surface area contributed by atoms with Gasteiger partial charge in [0.15, 0.2) is 6.04 Å². The lowest BCUT2D eigenvalue weighted by Crippen LogP contribution is -2.48. The number of aryl methyl sites for hydroxylation is 1. The number of halogens is 3. The zero-order valence-corrected chi connectivity index (χ0v) is 12.4. The summed E-state index contributed by atoms with van der Waals surface area (Å²) in [4.78, 5) is 13.4. The van der Waals surface area contributed by atoms with Gasteiger partial charge in [-0.25, -0.2) is 0 Å². The van der Waals surface area contributed by atoms with Crippen LogP contribution < -0.4 is 5.73 Å². The molecule has 0 spiro atoms. The van der Waals surface area contributed by atoms with Crippen LogP contribution in [0.5, 0.6) is 0 Å². The summed E-state index contributed by atoms with van der Waals surface area (Å²) in [6.07, 6.45) is -2.64. The average Bonchev–Trinajstić information content (AvgIpc) is 3.03. The number of alkyl halides is 3. The third-order valence-electron chi connectivity index (χ3n) is 3.80. The third-order valence-corrected chi connectivity index (χ3v) is 3.80. The van der Waals surface area contributed by atoms with Crippen LogP contribution in [-0.2, 0) is 9.53 Å². The van der Waals surface area contributed by atoms with E-state index in [1.54, 1.807) is 6.92 Å². The van der Waals surface area contributed by atoms with Crippen molar-refractivity contribution in [3.05, 3.63) is 11.8 Å². The maximum atomic E-state index is 13.0. The Morgan fingerprint density at radius 3 is 2.77 bits per heavy atom. The van der Waals surface area contributed by atoms with Crippen molar-refractivity contribution in [2.75, 3.05) is 26.0 Å². The first kappa shape index (κ1) is 16.6. The monoisotopic (exact) mass is 320 g/mol. The van der Waals surface area contributed by atoms with E-state index in [1.807, 2.05) is 0 Å². The number of amides is 1. The number of anilines is 1. The van der Waals surface area contributed by atoms with Crippen molar-refractivity contribution in [2.24, 2.45) is 0 Å². The number of carbonyl (C=O) groups excluding carboxylic acids is 1. The molecule has 1 aliphatic heterocycles. The van der Waals surface area contributed by atoms with E-state index in [4.69, 9.17) is 10.5 Å². The fraction of sp³-hybridized carbons (Fsp3) is 0.692. The number of carbonyl (C=O) groups is 1. The van der Waals surface area contributed by atoms with Gasteiger partial charge in [-0.05, 0) is 19.8 Å². The normalized spacial score (nSPS) is 20.4. The van der Waals surface area contributed by atoms with Gasteiger partial charge in [0.1, 0.15) is 11.9 Å². The first-order chi connectivity index (χ1) is 10.3. The van der Waals surface area contributed by atoms with Gasteiger partial charge in [0, 0.05) is 25.4 Å². The van der Waals surface area contributed by atoms with E-state index < -0.39 is 24.2 Å². The Hall–Kier alpha value is -1.77. The molecular weight excluding hydrogens is 301 g/mol. The standard InChI is InChI=1S/C13H19F3N4O2/c1-8-6-20(18-11(8)17)9(7-22-2)12(21)19-5-3-4-10(19)13(14,15)16/h6,9-10H,3-5,7H2,1-2H3,(H2,17,18)/t9?,10-/m1/s1. The highest BCUT2D eigenvalue weighted by atomic mass is 19.4. The lowest BCUT2D eigenvalue weighted by atomic mass is 10.2. The number of methoxy groups -OCH3 is 1. The molecule has 1 amide bonds. The van der Waals surface area contributed by atoms with Gasteiger partial charge in [-0.1, -0.05) is 0 Å². The van der Waals surface area contributed by atoms with Crippen LogP contribution in [0.3, 0.4) is 0 Å². The molecular formula is C13H19F3N4O2. The summed E-state index contributed by atoms with van der Waals surface area (Å²) in [6, 6.07) is -2.70. The maximum absolute atomic E-state index is 13.0. The zero-order chi connectivity index (χ0) is 16.5. The number of nitrogens with two attached hydrogens (primary N) is 1. The molecule has 124 valence electrons. The molecule has 0 radical (unpaired) electrons. The van der Waals surface area contributed by atoms with Crippen LogP contribution in [0, 0.1) is 6.92 Å². The fourth-order valence-corrected chi connectivity index (χ4v) is 2.64. The number of ether oxygens (including phenoxy) is 1. The Kier molecular flexibility index (Phi) is 4.64. The van der Waals surface area contributed by atoms with Crippen LogP contribution in [0.2, 0.25) is 0 Å². The molecule has 1 saturated heterocycles. The molecule has 0 aliphatic carbocycles. The first-order valence-electron chi connectivity index (χ1n) is 6.93. The van der Waals surface area contributed by atoms with E-state index in [0.29, 0.717) is 12.0 Å². The summed E-state index contributed by atoms with van der Waals surface area (Å²) in [5, 5.41) is 3.99. The van der Waals surface area contributed by atoms with Gasteiger partial charge in [-0.2, -0.15) is 18.3 Å². The molecule has 0 saturated carbocycles. The highest BCUT2D eigenvalue weighted by Gasteiger charge is 2.49. The van der Waals surface area contributed by atoms with Gasteiger partial charge >= 0.3 is 6.18 Å². The van der Waals surface area contributed by atoms with Gasteiger partial charge < -0.3 is 15.4 Å². The Morgan fingerprint density at radius 1 is 1.59 bits per heavy atom. The van der Waals surface area contributed by atoms with Crippen LogP contribution in [0.15, 0.2) is 6.20 Å².